The first kappa shape index (κ1) is 32.2. The lowest BCUT2D eigenvalue weighted by Gasteiger charge is -2.45. The maximum Gasteiger partial charge on any atom is 0.335 e. The first-order chi connectivity index (χ1) is 21.2. The Morgan fingerprint density at radius 2 is 1.49 bits per heavy atom. The van der Waals surface area contributed by atoms with Crippen molar-refractivity contribution in [1.82, 2.24) is 0 Å². The highest BCUT2D eigenvalue weighted by Crippen LogP contribution is 2.40. The van der Waals surface area contributed by atoms with Crippen molar-refractivity contribution in [3.8, 4) is 40.1 Å². The Hall–Kier alpha value is -4.24. The molecule has 18 heteroatoms. The summed E-state index contributed by atoms with van der Waals surface area (Å²) in [6, 6.07) is 4.93. The molecule has 0 aliphatic carbocycles. The summed E-state index contributed by atoms with van der Waals surface area (Å²) in [5.41, 5.74) is -1.62. The SMILES string of the molecule is O=C(O)[C@H]1O[C@H](Oc2c(-c3ccc(O)c(O)c3)oc3cc(O)cc(O)c3c2=O)[C@H](O)[C@@H](O)[C@@H]1O[C@H]1O[C@H](CO)[C@@H](O)[C@H](O)[C@H]1O. The van der Waals surface area contributed by atoms with Gasteiger partial charge in [0.2, 0.25) is 17.5 Å². The number of rotatable bonds is 7. The van der Waals surface area contributed by atoms with Gasteiger partial charge in [-0.05, 0) is 18.2 Å². The van der Waals surface area contributed by atoms with Crippen molar-refractivity contribution >= 4 is 16.9 Å². The molecule has 0 radical (unpaired) electrons. The largest absolute Gasteiger partial charge is 0.508 e. The number of fused-ring (bicyclic) bond motifs is 1. The van der Waals surface area contributed by atoms with Crippen molar-refractivity contribution in [2.24, 2.45) is 0 Å². The number of benzene rings is 2. The highest BCUT2D eigenvalue weighted by molar-refractivity contribution is 5.88. The van der Waals surface area contributed by atoms with Crippen molar-refractivity contribution in [2.75, 3.05) is 6.61 Å². The van der Waals surface area contributed by atoms with Gasteiger partial charge in [-0.2, -0.15) is 0 Å². The van der Waals surface area contributed by atoms with Crippen molar-refractivity contribution < 1.29 is 84.3 Å². The Morgan fingerprint density at radius 1 is 0.800 bits per heavy atom. The Balaban J connectivity index is 1.52. The molecule has 0 amide bonds. The lowest BCUT2D eigenvalue weighted by atomic mass is 9.96. The van der Waals surface area contributed by atoms with Gasteiger partial charge in [0, 0.05) is 17.7 Å². The van der Waals surface area contributed by atoms with E-state index in [1.165, 1.54) is 6.07 Å². The van der Waals surface area contributed by atoms with E-state index in [4.69, 9.17) is 23.4 Å². The Bertz CT molecular complexity index is 1640. The minimum atomic E-state index is -2.21. The van der Waals surface area contributed by atoms with Gasteiger partial charge < -0.3 is 79.5 Å². The van der Waals surface area contributed by atoms with Crippen molar-refractivity contribution in [3.05, 3.63) is 40.6 Å². The van der Waals surface area contributed by atoms with Crippen LogP contribution in [0.25, 0.3) is 22.3 Å². The first-order valence-corrected chi connectivity index (χ1v) is 13.2. The lowest BCUT2D eigenvalue weighted by Crippen LogP contribution is -2.65. The van der Waals surface area contributed by atoms with E-state index in [1.807, 2.05) is 0 Å². The highest BCUT2D eigenvalue weighted by Gasteiger charge is 2.53. The maximum atomic E-state index is 13.6. The fourth-order valence-electron chi connectivity index (χ4n) is 4.97. The summed E-state index contributed by atoms with van der Waals surface area (Å²) in [5, 5.41) is 111. The van der Waals surface area contributed by atoms with Crippen LogP contribution in [-0.4, -0.2) is 130 Å². The van der Waals surface area contributed by atoms with E-state index in [0.29, 0.717) is 0 Å². The molecule has 244 valence electrons. The zero-order valence-electron chi connectivity index (χ0n) is 22.6. The molecule has 0 spiro atoms. The number of carboxylic acid groups (broad SMARTS) is 1. The van der Waals surface area contributed by atoms with Gasteiger partial charge >= 0.3 is 5.97 Å². The predicted molar refractivity (Wildman–Crippen MR) is 142 cm³/mol. The third-order valence-corrected chi connectivity index (χ3v) is 7.32. The highest BCUT2D eigenvalue weighted by atomic mass is 16.7. The number of carboxylic acids is 1. The second-order valence-electron chi connectivity index (χ2n) is 10.3. The smallest absolute Gasteiger partial charge is 0.335 e. The monoisotopic (exact) mass is 640 g/mol. The number of hydrogen-bond donors (Lipinski definition) is 11. The number of hydrogen-bond acceptors (Lipinski definition) is 17. The first-order valence-electron chi connectivity index (χ1n) is 13.2. The number of ether oxygens (including phenoxy) is 4. The van der Waals surface area contributed by atoms with Gasteiger partial charge in [0.05, 0.1) is 6.61 Å². The summed E-state index contributed by atoms with van der Waals surface area (Å²) in [6.07, 6.45) is -19.9. The molecule has 10 atom stereocenters. The molecule has 3 aromatic rings. The zero-order valence-corrected chi connectivity index (χ0v) is 22.6. The normalized spacial score (nSPS) is 32.0. The predicted octanol–water partition coefficient (Wildman–Crippen LogP) is -2.62. The summed E-state index contributed by atoms with van der Waals surface area (Å²) in [7, 11) is 0. The van der Waals surface area contributed by atoms with E-state index in [2.05, 4.69) is 0 Å². The van der Waals surface area contributed by atoms with Crippen LogP contribution in [0, 0.1) is 0 Å². The quantitative estimate of drug-likeness (QED) is 0.118. The number of carbonyl (C=O) groups is 1. The minimum absolute atomic E-state index is 0.119. The van der Waals surface area contributed by atoms with Crippen molar-refractivity contribution in [1.29, 1.82) is 0 Å². The van der Waals surface area contributed by atoms with Crippen LogP contribution >= 0.6 is 0 Å². The van der Waals surface area contributed by atoms with Gasteiger partial charge in [0.25, 0.3) is 0 Å². The van der Waals surface area contributed by atoms with E-state index in [9.17, 15) is 65.8 Å². The number of aliphatic hydroxyl groups is 6. The van der Waals surface area contributed by atoms with E-state index in [0.717, 1.165) is 24.3 Å². The molecule has 2 aliphatic rings. The number of phenols is 4. The van der Waals surface area contributed by atoms with E-state index in [-0.39, 0.29) is 11.1 Å². The summed E-state index contributed by atoms with van der Waals surface area (Å²) in [5.74, 6) is -5.61. The summed E-state index contributed by atoms with van der Waals surface area (Å²) in [6.45, 7) is -0.847. The molecule has 2 saturated heterocycles. The van der Waals surface area contributed by atoms with E-state index < -0.39 is 119 Å². The second kappa shape index (κ2) is 12.3. The Morgan fingerprint density at radius 3 is 2.13 bits per heavy atom. The summed E-state index contributed by atoms with van der Waals surface area (Å²) < 4.78 is 27.1. The molecule has 11 N–H and O–H groups in total. The topological polar surface area (TPSA) is 307 Å². The third kappa shape index (κ3) is 5.81. The van der Waals surface area contributed by atoms with Gasteiger partial charge in [-0.3, -0.25) is 4.79 Å². The van der Waals surface area contributed by atoms with Crippen LogP contribution < -0.4 is 10.2 Å². The molecular formula is C27H28O18. The Kier molecular flexibility index (Phi) is 8.77. The average Bonchev–Trinajstić information content (AvgIpc) is 2.98. The van der Waals surface area contributed by atoms with E-state index >= 15 is 0 Å². The Labute approximate surface area is 250 Å². The van der Waals surface area contributed by atoms with Crippen LogP contribution in [-0.2, 0) is 19.0 Å². The zero-order chi connectivity index (χ0) is 32.9. The molecule has 2 aliphatic heterocycles. The van der Waals surface area contributed by atoms with E-state index in [1.54, 1.807) is 0 Å². The van der Waals surface area contributed by atoms with Crippen LogP contribution in [0.2, 0.25) is 0 Å². The van der Waals surface area contributed by atoms with Gasteiger partial charge in [-0.15, -0.1) is 0 Å². The van der Waals surface area contributed by atoms with Crippen LogP contribution in [0.15, 0.2) is 39.5 Å². The molecule has 0 unspecified atom stereocenters. The standard InChI is InChI=1S/C27H28O18/c28-6-13-15(33)17(35)19(37)26(42-13)44-23-18(36)20(38)27(45-24(23)25(39)40)43-22-16(34)14-11(32)4-8(29)5-12(14)41-21(22)7-1-2-9(30)10(31)3-7/h1-5,13,15,17-20,23-24,26-33,35-38H,6H2,(H,39,40)/t13-,15-,17+,18-,19-,20-,23+,24+,26-,27+/m1/s1. The number of aliphatic carboxylic acids is 1. The molecule has 2 aromatic carbocycles. The molecule has 5 rings (SSSR count). The van der Waals surface area contributed by atoms with Crippen molar-refractivity contribution in [3.63, 3.8) is 0 Å². The number of phenolic OH excluding ortho intramolecular Hbond substituents is 4. The fraction of sp³-hybridized carbons (Fsp3) is 0.407. The summed E-state index contributed by atoms with van der Waals surface area (Å²) in [4.78, 5) is 25.8. The lowest BCUT2D eigenvalue weighted by molar-refractivity contribution is -0.348. The second-order valence-corrected chi connectivity index (χ2v) is 10.3. The van der Waals surface area contributed by atoms with Gasteiger partial charge in [0.15, 0.2) is 29.7 Å². The molecule has 45 heavy (non-hydrogen) atoms. The molecule has 2 fully saturated rings. The number of aliphatic hydroxyl groups excluding tert-OH is 6. The fourth-order valence-corrected chi connectivity index (χ4v) is 4.97. The van der Waals surface area contributed by atoms with Crippen LogP contribution in [0.4, 0.5) is 0 Å². The minimum Gasteiger partial charge on any atom is -0.508 e. The summed E-state index contributed by atoms with van der Waals surface area (Å²) >= 11 is 0. The molecule has 18 nitrogen and oxygen atoms in total. The molecular weight excluding hydrogens is 612 g/mol. The molecule has 3 heterocycles. The van der Waals surface area contributed by atoms with Gasteiger partial charge in [-0.25, -0.2) is 4.79 Å². The third-order valence-electron chi connectivity index (χ3n) is 7.32. The maximum absolute atomic E-state index is 13.6. The number of aromatic hydroxyl groups is 4. The van der Waals surface area contributed by atoms with Crippen molar-refractivity contribution in [2.45, 2.75) is 61.4 Å². The average molecular weight is 641 g/mol. The molecule has 0 saturated carbocycles. The molecule has 1 aromatic heterocycles. The van der Waals surface area contributed by atoms with Gasteiger partial charge in [0.1, 0.15) is 65.2 Å². The van der Waals surface area contributed by atoms with Gasteiger partial charge in [-0.1, -0.05) is 0 Å². The molecule has 0 bridgehead atoms. The van der Waals surface area contributed by atoms with Crippen LogP contribution in [0.3, 0.4) is 0 Å². The van der Waals surface area contributed by atoms with Crippen LogP contribution in [0.1, 0.15) is 0 Å². The van der Waals surface area contributed by atoms with Crippen LogP contribution in [0.5, 0.6) is 28.7 Å².